The van der Waals surface area contributed by atoms with Gasteiger partial charge in [0, 0.05) is 16.8 Å². The van der Waals surface area contributed by atoms with Crippen LogP contribution in [0.5, 0.6) is 0 Å². The molecule has 0 saturated heterocycles. The fraction of sp³-hybridized carbons (Fsp3) is 0.500. The summed E-state index contributed by atoms with van der Waals surface area (Å²) in [6.45, 7) is 5.55. The van der Waals surface area contributed by atoms with Gasteiger partial charge in [-0.3, -0.25) is 0 Å². The Hall–Kier alpha value is -0.390. The molecule has 1 aromatic rings. The van der Waals surface area contributed by atoms with Gasteiger partial charge in [-0.05, 0) is 43.5 Å². The number of halogens is 1. The molecule has 5 heteroatoms. The third-order valence-corrected chi connectivity index (χ3v) is 5.59. The highest BCUT2D eigenvalue weighted by Crippen LogP contribution is 2.27. The van der Waals surface area contributed by atoms with Gasteiger partial charge < -0.3 is 5.73 Å². The van der Waals surface area contributed by atoms with Gasteiger partial charge in [0.2, 0.25) is 0 Å². The number of nitrogens with two attached hydrogens (primary N) is 1. The van der Waals surface area contributed by atoms with Crippen LogP contribution in [-0.4, -0.2) is 19.9 Å². The number of sulfone groups is 1. The Morgan fingerprint density at radius 2 is 1.76 bits per heavy atom. The second kappa shape index (κ2) is 5.08. The van der Waals surface area contributed by atoms with Gasteiger partial charge in [0.05, 0.1) is 5.25 Å². The third kappa shape index (κ3) is 3.30. The van der Waals surface area contributed by atoms with Crippen molar-refractivity contribution in [1.29, 1.82) is 0 Å². The standard InChI is InChI=1S/C12H18BrNO2S/c1-7-6-11(13)8(2)5-10(7)12(14)9(3)17(4,15)16/h5-6,9,12H,14H2,1-4H3. The number of benzene rings is 1. The monoisotopic (exact) mass is 319 g/mol. The minimum Gasteiger partial charge on any atom is -0.323 e. The van der Waals surface area contributed by atoms with Gasteiger partial charge in [-0.1, -0.05) is 22.0 Å². The van der Waals surface area contributed by atoms with Crippen molar-refractivity contribution in [2.45, 2.75) is 32.1 Å². The van der Waals surface area contributed by atoms with Crippen molar-refractivity contribution in [3.8, 4) is 0 Å². The molecular formula is C12H18BrNO2S. The summed E-state index contributed by atoms with van der Waals surface area (Å²) >= 11 is 3.45. The Balaban J connectivity index is 3.22. The second-order valence-corrected chi connectivity index (χ2v) is 7.78. The van der Waals surface area contributed by atoms with E-state index >= 15 is 0 Å². The van der Waals surface area contributed by atoms with E-state index in [4.69, 9.17) is 5.73 Å². The van der Waals surface area contributed by atoms with E-state index in [-0.39, 0.29) is 0 Å². The van der Waals surface area contributed by atoms with Gasteiger partial charge in [-0.15, -0.1) is 0 Å². The molecule has 0 aliphatic carbocycles. The van der Waals surface area contributed by atoms with Gasteiger partial charge in [0.1, 0.15) is 0 Å². The van der Waals surface area contributed by atoms with Crippen LogP contribution in [0.15, 0.2) is 16.6 Å². The topological polar surface area (TPSA) is 60.2 Å². The lowest BCUT2D eigenvalue weighted by atomic mass is 9.98. The highest BCUT2D eigenvalue weighted by Gasteiger charge is 2.25. The quantitative estimate of drug-likeness (QED) is 0.931. The fourth-order valence-electron chi connectivity index (χ4n) is 1.68. The summed E-state index contributed by atoms with van der Waals surface area (Å²) < 4.78 is 24.1. The molecule has 3 nitrogen and oxygen atoms in total. The lowest BCUT2D eigenvalue weighted by Gasteiger charge is -2.21. The largest absolute Gasteiger partial charge is 0.323 e. The molecule has 0 heterocycles. The van der Waals surface area contributed by atoms with Crippen LogP contribution < -0.4 is 5.73 Å². The number of hydrogen-bond donors (Lipinski definition) is 1. The van der Waals surface area contributed by atoms with Crippen LogP contribution in [0, 0.1) is 13.8 Å². The van der Waals surface area contributed by atoms with E-state index in [2.05, 4.69) is 15.9 Å². The van der Waals surface area contributed by atoms with Gasteiger partial charge in [-0.25, -0.2) is 8.42 Å². The van der Waals surface area contributed by atoms with Crippen LogP contribution in [0.3, 0.4) is 0 Å². The van der Waals surface area contributed by atoms with Crippen LogP contribution in [0.25, 0.3) is 0 Å². The molecule has 1 rings (SSSR count). The van der Waals surface area contributed by atoms with Crippen molar-refractivity contribution in [2.75, 3.05) is 6.26 Å². The molecule has 0 fully saturated rings. The van der Waals surface area contributed by atoms with E-state index in [0.717, 1.165) is 21.2 Å². The molecule has 17 heavy (non-hydrogen) atoms. The van der Waals surface area contributed by atoms with Crippen molar-refractivity contribution in [3.05, 3.63) is 33.3 Å². The number of aryl methyl sites for hydroxylation is 2. The minimum atomic E-state index is -3.13. The molecule has 0 aliphatic rings. The first-order valence-corrected chi connectivity index (χ1v) is 8.10. The first-order valence-electron chi connectivity index (χ1n) is 5.35. The van der Waals surface area contributed by atoms with E-state index in [0.29, 0.717) is 0 Å². The lowest BCUT2D eigenvalue weighted by molar-refractivity contribution is 0.570. The molecule has 96 valence electrons. The average molecular weight is 320 g/mol. The Bertz CT molecular complexity index is 526. The normalized spacial score (nSPS) is 15.6. The van der Waals surface area contributed by atoms with Crippen molar-refractivity contribution < 1.29 is 8.42 Å². The van der Waals surface area contributed by atoms with Crippen LogP contribution in [0.4, 0.5) is 0 Å². The van der Waals surface area contributed by atoms with Gasteiger partial charge >= 0.3 is 0 Å². The summed E-state index contributed by atoms with van der Waals surface area (Å²) in [6.07, 6.45) is 1.22. The maximum atomic E-state index is 11.5. The zero-order chi connectivity index (χ0) is 13.4. The molecule has 0 aromatic heterocycles. The molecule has 0 aliphatic heterocycles. The molecule has 2 N–H and O–H groups in total. The Kier molecular flexibility index (Phi) is 4.38. The predicted octanol–water partition coefficient (Wildman–Crippen LogP) is 2.50. The molecule has 1 aromatic carbocycles. The summed E-state index contributed by atoms with van der Waals surface area (Å²) in [5, 5.41) is -0.582. The maximum Gasteiger partial charge on any atom is 0.151 e. The third-order valence-electron chi connectivity index (χ3n) is 3.09. The van der Waals surface area contributed by atoms with Gasteiger partial charge in [-0.2, -0.15) is 0 Å². The zero-order valence-corrected chi connectivity index (χ0v) is 12.9. The van der Waals surface area contributed by atoms with Crippen LogP contribution in [0.1, 0.15) is 29.7 Å². The zero-order valence-electron chi connectivity index (χ0n) is 10.5. The van der Waals surface area contributed by atoms with Crippen LogP contribution in [0.2, 0.25) is 0 Å². The molecule has 0 bridgehead atoms. The smallest absolute Gasteiger partial charge is 0.151 e. The molecule has 0 saturated carbocycles. The van der Waals surface area contributed by atoms with E-state index in [1.165, 1.54) is 6.26 Å². The number of rotatable bonds is 3. The van der Waals surface area contributed by atoms with E-state index in [1.54, 1.807) is 6.92 Å². The van der Waals surface area contributed by atoms with Gasteiger partial charge in [0.15, 0.2) is 9.84 Å². The Labute approximate surface area is 111 Å². The van der Waals surface area contributed by atoms with Crippen molar-refractivity contribution in [3.63, 3.8) is 0 Å². The summed E-state index contributed by atoms with van der Waals surface area (Å²) in [5.74, 6) is 0. The molecule has 0 spiro atoms. The first kappa shape index (κ1) is 14.7. The minimum absolute atomic E-state index is 0.489. The van der Waals surface area contributed by atoms with Crippen LogP contribution in [-0.2, 0) is 9.84 Å². The molecule has 2 unspecified atom stereocenters. The lowest BCUT2D eigenvalue weighted by Crippen LogP contribution is -2.31. The highest BCUT2D eigenvalue weighted by atomic mass is 79.9. The molecule has 0 radical (unpaired) electrons. The molecular weight excluding hydrogens is 302 g/mol. The van der Waals surface area contributed by atoms with E-state index < -0.39 is 21.1 Å². The SMILES string of the molecule is Cc1cc(C(N)C(C)S(C)(=O)=O)c(C)cc1Br. The number of hydrogen-bond acceptors (Lipinski definition) is 3. The first-order chi connectivity index (χ1) is 7.64. The summed E-state index contributed by atoms with van der Waals surface area (Å²) in [5.41, 5.74) is 9.00. The highest BCUT2D eigenvalue weighted by molar-refractivity contribution is 9.10. The van der Waals surface area contributed by atoms with Crippen molar-refractivity contribution in [2.24, 2.45) is 5.73 Å². The molecule has 2 atom stereocenters. The fourth-order valence-corrected chi connectivity index (χ4v) is 2.82. The van der Waals surface area contributed by atoms with E-state index in [9.17, 15) is 8.42 Å². The Morgan fingerprint density at radius 3 is 2.24 bits per heavy atom. The van der Waals surface area contributed by atoms with E-state index in [1.807, 2.05) is 26.0 Å². The summed E-state index contributed by atoms with van der Waals surface area (Å²) in [7, 11) is -3.13. The second-order valence-electron chi connectivity index (χ2n) is 4.52. The predicted molar refractivity (Wildman–Crippen MR) is 74.9 cm³/mol. The summed E-state index contributed by atoms with van der Waals surface area (Å²) in [4.78, 5) is 0. The maximum absolute atomic E-state index is 11.5. The van der Waals surface area contributed by atoms with Gasteiger partial charge in [0.25, 0.3) is 0 Å². The Morgan fingerprint density at radius 1 is 1.24 bits per heavy atom. The average Bonchev–Trinajstić information content (AvgIpc) is 2.20. The van der Waals surface area contributed by atoms with Crippen molar-refractivity contribution in [1.82, 2.24) is 0 Å². The van der Waals surface area contributed by atoms with Crippen molar-refractivity contribution >= 4 is 25.8 Å². The summed E-state index contributed by atoms with van der Waals surface area (Å²) in [6, 6.07) is 3.43. The molecule has 0 amide bonds. The van der Waals surface area contributed by atoms with Crippen LogP contribution >= 0.6 is 15.9 Å².